The van der Waals surface area contributed by atoms with E-state index in [0.29, 0.717) is 68.9 Å². The number of nitrogens with zero attached hydrogens (tertiary/aromatic N) is 1. The number of carbonyl (C=O) groups excluding carboxylic acids is 6. The summed E-state index contributed by atoms with van der Waals surface area (Å²) < 4.78 is 23.8. The number of carbonyl (C=O) groups is 6. The lowest BCUT2D eigenvalue weighted by Gasteiger charge is -2.43. The standard InChI is InChI=1S/C58H83NO13/c1-35-18-12-10-13-19-36(2)44(33-49(62)43-20-14-11-15-21-43)32-45-25-23-41(7)58(68,72-45)55(65)56(66)59-27-17-16-22-46(59)57(67)71-50(38(4)30-42-24-26-47(60)51(31-42)69-8)34-48(61)37(3)29-40(6)53(64)54(70-9)52(63)39(5)28-35/h10-15,18-21,29,35,37-39,41-42,44-47,50-51,53-54,60,64,68H,16-17,22-28,30-34H2,1-9H3/b13-10+,18-12+,36-19+,40-29+/t35-,37-,38-,39-,41-,42+,44-,45+,46+,47-,50+,51-,53-,54+,58-/m1/s1. The molecule has 14 nitrogen and oxygen atoms in total. The van der Waals surface area contributed by atoms with Gasteiger partial charge in [0, 0.05) is 56.9 Å². The maximum Gasteiger partial charge on any atom is 0.329 e. The molecule has 0 unspecified atom stereocenters. The summed E-state index contributed by atoms with van der Waals surface area (Å²) in [7, 11) is 2.93. The molecule has 15 atom stereocenters. The number of esters is 1. The van der Waals surface area contributed by atoms with E-state index in [2.05, 4.69) is 0 Å². The lowest BCUT2D eigenvalue weighted by Crippen LogP contribution is -2.60. The lowest BCUT2D eigenvalue weighted by atomic mass is 9.78. The van der Waals surface area contributed by atoms with Crippen LogP contribution < -0.4 is 0 Å². The van der Waals surface area contributed by atoms with Crippen LogP contribution in [-0.2, 0) is 42.9 Å². The molecule has 72 heavy (non-hydrogen) atoms. The molecule has 1 aromatic rings. The van der Waals surface area contributed by atoms with E-state index in [1.807, 2.05) is 57.2 Å². The molecule has 3 N–H and O–H groups in total. The highest BCUT2D eigenvalue weighted by Crippen LogP contribution is 2.39. The van der Waals surface area contributed by atoms with Gasteiger partial charge in [-0.3, -0.25) is 24.0 Å². The van der Waals surface area contributed by atoms with E-state index < -0.39 is 77.8 Å². The van der Waals surface area contributed by atoms with Crippen molar-refractivity contribution in [2.24, 2.45) is 41.4 Å². The van der Waals surface area contributed by atoms with Gasteiger partial charge in [0.1, 0.15) is 30.1 Å². The third-order valence-corrected chi connectivity index (χ3v) is 15.9. The summed E-state index contributed by atoms with van der Waals surface area (Å²) in [6.45, 7) is 12.7. The van der Waals surface area contributed by atoms with Gasteiger partial charge in [0.25, 0.3) is 11.7 Å². The fourth-order valence-electron chi connectivity index (χ4n) is 11.2. The normalized spacial score (nSPS) is 37.5. The van der Waals surface area contributed by atoms with E-state index in [4.69, 9.17) is 18.9 Å². The van der Waals surface area contributed by atoms with Gasteiger partial charge < -0.3 is 39.2 Å². The van der Waals surface area contributed by atoms with Crippen LogP contribution in [0.4, 0.5) is 0 Å². The molecule has 1 aromatic carbocycles. The van der Waals surface area contributed by atoms with E-state index in [0.717, 1.165) is 5.57 Å². The number of allylic oxidation sites excluding steroid dienone is 7. The Bertz CT molecular complexity index is 2150. The molecule has 0 aromatic heterocycles. The van der Waals surface area contributed by atoms with Gasteiger partial charge in [0.15, 0.2) is 11.6 Å². The number of fused-ring (bicyclic) bond motifs is 3. The van der Waals surface area contributed by atoms with Crippen LogP contribution in [0.3, 0.4) is 0 Å². The molecule has 1 amide bonds. The maximum absolute atomic E-state index is 14.5. The largest absolute Gasteiger partial charge is 0.460 e. The van der Waals surface area contributed by atoms with Crippen LogP contribution in [0.2, 0.25) is 0 Å². The molecule has 0 radical (unpaired) electrons. The van der Waals surface area contributed by atoms with Crippen LogP contribution >= 0.6 is 0 Å². The first-order chi connectivity index (χ1) is 34.2. The zero-order valence-corrected chi connectivity index (χ0v) is 44.2. The van der Waals surface area contributed by atoms with Crippen LogP contribution in [0.15, 0.2) is 77.9 Å². The smallest absolute Gasteiger partial charge is 0.329 e. The van der Waals surface area contributed by atoms with Crippen molar-refractivity contribution >= 4 is 35.0 Å². The summed E-state index contributed by atoms with van der Waals surface area (Å²) in [6.07, 6.45) is 11.2. The number of cyclic esters (lactones) is 1. The number of ketones is 4. The van der Waals surface area contributed by atoms with Crippen molar-refractivity contribution in [2.45, 2.75) is 180 Å². The van der Waals surface area contributed by atoms with Crippen molar-refractivity contribution < 1.29 is 63.0 Å². The van der Waals surface area contributed by atoms with Gasteiger partial charge in [-0.2, -0.15) is 0 Å². The molecule has 2 bridgehead atoms. The molecular formula is C58H83NO13. The molecular weight excluding hydrogens is 919 g/mol. The third-order valence-electron chi connectivity index (χ3n) is 15.9. The number of hydrogen-bond acceptors (Lipinski definition) is 13. The molecule has 1 aliphatic carbocycles. The summed E-state index contributed by atoms with van der Waals surface area (Å²) in [6, 6.07) is 7.80. The number of aliphatic hydroxyl groups excluding tert-OH is 2. The first-order valence-corrected chi connectivity index (χ1v) is 26.4. The lowest BCUT2D eigenvalue weighted by molar-refractivity contribution is -0.264. The molecule has 0 spiro atoms. The Balaban J connectivity index is 1.50. The predicted octanol–water partition coefficient (Wildman–Crippen LogP) is 8.05. The zero-order valence-electron chi connectivity index (χ0n) is 44.2. The number of aliphatic hydroxyl groups is 3. The Kier molecular flexibility index (Phi) is 22.1. The van der Waals surface area contributed by atoms with Gasteiger partial charge in [0.05, 0.1) is 18.3 Å². The second kappa shape index (κ2) is 27.2. The Labute approximate surface area is 427 Å². The highest BCUT2D eigenvalue weighted by Gasteiger charge is 2.53. The molecule has 3 heterocycles. The van der Waals surface area contributed by atoms with Crippen LogP contribution in [-0.4, -0.2) is 124 Å². The molecule has 14 heteroatoms. The van der Waals surface area contributed by atoms with Crippen molar-refractivity contribution in [1.29, 1.82) is 0 Å². The number of Topliss-reactive ketones (excluding diaryl/α,β-unsaturated/α-hetero) is 4. The fourth-order valence-corrected chi connectivity index (χ4v) is 11.2. The Morgan fingerprint density at radius 2 is 1.58 bits per heavy atom. The second-order valence-corrected chi connectivity index (χ2v) is 21.6. The van der Waals surface area contributed by atoms with E-state index in [1.165, 1.54) is 12.0 Å². The summed E-state index contributed by atoms with van der Waals surface area (Å²) in [5.41, 5.74) is 1.80. The number of rotatable bonds is 8. The van der Waals surface area contributed by atoms with E-state index in [1.54, 1.807) is 65.1 Å². The van der Waals surface area contributed by atoms with E-state index >= 15 is 0 Å². The molecule has 398 valence electrons. The molecule has 5 rings (SSSR count). The number of amides is 1. The summed E-state index contributed by atoms with van der Waals surface area (Å²) in [4.78, 5) is 86.3. The average molecular weight is 1000 g/mol. The second-order valence-electron chi connectivity index (χ2n) is 21.6. The van der Waals surface area contributed by atoms with Gasteiger partial charge in [-0.1, -0.05) is 107 Å². The fraction of sp³-hybridized carbons (Fsp3) is 0.655. The first kappa shape index (κ1) is 58.4. The predicted molar refractivity (Wildman–Crippen MR) is 273 cm³/mol. The number of methoxy groups -OCH3 is 2. The van der Waals surface area contributed by atoms with Crippen LogP contribution in [0.25, 0.3) is 0 Å². The van der Waals surface area contributed by atoms with Crippen molar-refractivity contribution in [3.8, 4) is 0 Å². The average Bonchev–Trinajstić information content (AvgIpc) is 3.36. The Morgan fingerprint density at radius 3 is 2.28 bits per heavy atom. The molecule has 4 aliphatic rings. The minimum absolute atomic E-state index is 0.0228. The highest BCUT2D eigenvalue weighted by atomic mass is 16.6. The summed E-state index contributed by atoms with van der Waals surface area (Å²) in [5, 5.41) is 34.2. The summed E-state index contributed by atoms with van der Waals surface area (Å²) >= 11 is 0. The zero-order chi connectivity index (χ0) is 52.9. The van der Waals surface area contributed by atoms with Crippen molar-refractivity contribution in [1.82, 2.24) is 4.90 Å². The van der Waals surface area contributed by atoms with E-state index in [-0.39, 0.29) is 79.4 Å². The summed E-state index contributed by atoms with van der Waals surface area (Å²) in [5.74, 6) is -8.78. The van der Waals surface area contributed by atoms with Gasteiger partial charge in [-0.25, -0.2) is 4.79 Å². The number of piperidine rings is 1. The van der Waals surface area contributed by atoms with Gasteiger partial charge in [0.2, 0.25) is 5.79 Å². The van der Waals surface area contributed by atoms with Gasteiger partial charge >= 0.3 is 5.97 Å². The molecule has 3 aliphatic heterocycles. The molecule has 3 fully saturated rings. The monoisotopic (exact) mass is 1000 g/mol. The van der Waals surface area contributed by atoms with Crippen molar-refractivity contribution in [2.75, 3.05) is 20.8 Å². The first-order valence-electron chi connectivity index (χ1n) is 26.4. The number of hydrogen-bond donors (Lipinski definition) is 3. The minimum atomic E-state index is -2.50. The topological polar surface area (TPSA) is 203 Å². The Hall–Kier alpha value is -4.44. The van der Waals surface area contributed by atoms with Crippen LogP contribution in [0.1, 0.15) is 142 Å². The number of benzene rings is 1. The SMILES string of the molecule is CO[C@@H]1C[C@H](C[C@@H](C)[C@@H]2CC(=O)[C@H](C)/C=C(\C)[C@@H](O)[C@@H](OC)C(=O)[C@H](C)C[C@H](C)/C=C/C=C/C=C(\C)[C@@H](CC(=O)c3ccccc3)C[C@@H]3CC[C@@H](C)[C@@](O)(O3)C(=O)C(=O)N3CCCC[C@H]3C(=O)O2)CC[C@H]1O. The molecule has 2 saturated heterocycles. The number of ether oxygens (including phenoxy) is 4. The third kappa shape index (κ3) is 15.3. The Morgan fingerprint density at radius 1 is 0.861 bits per heavy atom. The maximum atomic E-state index is 14.5. The van der Waals surface area contributed by atoms with Gasteiger partial charge in [-0.05, 0) is 114 Å². The van der Waals surface area contributed by atoms with Gasteiger partial charge in [-0.15, -0.1) is 0 Å². The molecule has 1 saturated carbocycles. The van der Waals surface area contributed by atoms with E-state index in [9.17, 15) is 44.1 Å². The highest BCUT2D eigenvalue weighted by molar-refractivity contribution is 6.39. The van der Waals surface area contributed by atoms with Crippen molar-refractivity contribution in [3.63, 3.8) is 0 Å². The van der Waals surface area contributed by atoms with Crippen LogP contribution in [0, 0.1) is 41.4 Å². The van der Waals surface area contributed by atoms with Crippen molar-refractivity contribution in [3.05, 3.63) is 83.5 Å². The quantitative estimate of drug-likeness (QED) is 0.0978. The minimum Gasteiger partial charge on any atom is -0.460 e. The van der Waals surface area contributed by atoms with Crippen LogP contribution in [0.5, 0.6) is 0 Å².